The summed E-state index contributed by atoms with van der Waals surface area (Å²) in [6, 6.07) is 21.0. The Hall–Kier alpha value is -3.15. The standard InChI is InChI=1S/C28H37N2O5P/c1-20(2)19-35-36(31,24-15-13-23(14-16-24)30(3)4)28(29-22-11-9-8-10-12-22)21-17-25(32-5)27(34-7)26(18-21)33-6/h8-18,20,28-29H,19H2,1-7H3/t28-,36+/m0/s1. The van der Waals surface area contributed by atoms with Crippen LogP contribution in [0.1, 0.15) is 25.2 Å². The molecule has 0 saturated heterocycles. The summed E-state index contributed by atoms with van der Waals surface area (Å²) < 4.78 is 38.1. The summed E-state index contributed by atoms with van der Waals surface area (Å²) in [5.74, 6) is 0.889. The van der Waals surface area contributed by atoms with Gasteiger partial charge in [-0.05, 0) is 60.0 Å². The first kappa shape index (κ1) is 27.4. The Morgan fingerprint density at radius 2 is 1.44 bits per heavy atom. The van der Waals surface area contributed by atoms with Gasteiger partial charge in [-0.1, -0.05) is 32.0 Å². The van der Waals surface area contributed by atoms with Gasteiger partial charge in [0.05, 0.1) is 27.9 Å². The molecule has 7 nitrogen and oxygen atoms in total. The normalized spacial score (nSPS) is 13.6. The highest BCUT2D eigenvalue weighted by atomic mass is 31.2. The molecule has 0 saturated carbocycles. The van der Waals surface area contributed by atoms with E-state index in [-0.39, 0.29) is 5.92 Å². The van der Waals surface area contributed by atoms with Crippen molar-refractivity contribution in [3.63, 3.8) is 0 Å². The highest BCUT2D eigenvalue weighted by Gasteiger charge is 2.39. The van der Waals surface area contributed by atoms with Crippen molar-refractivity contribution in [3.8, 4) is 17.2 Å². The number of para-hydroxylation sites is 1. The zero-order chi connectivity index (χ0) is 26.3. The number of methoxy groups -OCH3 is 3. The molecule has 3 aromatic rings. The molecule has 3 aromatic carbocycles. The van der Waals surface area contributed by atoms with Gasteiger partial charge in [-0.2, -0.15) is 0 Å². The molecule has 0 amide bonds. The summed E-state index contributed by atoms with van der Waals surface area (Å²) in [6.45, 7) is 4.42. The topological polar surface area (TPSA) is 69.3 Å². The van der Waals surface area contributed by atoms with Crippen molar-refractivity contribution in [3.05, 3.63) is 72.3 Å². The fraction of sp³-hybridized carbons (Fsp3) is 0.357. The number of ether oxygens (including phenoxy) is 3. The van der Waals surface area contributed by atoms with Crippen molar-refractivity contribution in [2.24, 2.45) is 5.92 Å². The van der Waals surface area contributed by atoms with Gasteiger partial charge in [0.15, 0.2) is 11.5 Å². The second kappa shape index (κ2) is 12.2. The average Bonchev–Trinajstić information content (AvgIpc) is 2.90. The number of nitrogens with zero attached hydrogens (tertiary/aromatic N) is 1. The van der Waals surface area contributed by atoms with Crippen LogP contribution in [0.2, 0.25) is 0 Å². The number of nitrogens with one attached hydrogen (secondary N) is 1. The molecule has 0 bridgehead atoms. The highest BCUT2D eigenvalue weighted by molar-refractivity contribution is 7.67. The molecule has 0 aliphatic carbocycles. The van der Waals surface area contributed by atoms with E-state index >= 15 is 4.57 Å². The predicted octanol–water partition coefficient (Wildman–Crippen LogP) is 6.17. The minimum absolute atomic E-state index is 0.191. The summed E-state index contributed by atoms with van der Waals surface area (Å²) in [5.41, 5.74) is 2.51. The molecule has 0 aromatic heterocycles. The molecular weight excluding hydrogens is 475 g/mol. The van der Waals surface area contributed by atoms with Gasteiger partial charge in [-0.15, -0.1) is 0 Å². The van der Waals surface area contributed by atoms with Crippen molar-refractivity contribution in [2.75, 3.05) is 52.2 Å². The Morgan fingerprint density at radius 3 is 1.92 bits per heavy atom. The van der Waals surface area contributed by atoms with E-state index in [4.69, 9.17) is 18.7 Å². The van der Waals surface area contributed by atoms with Crippen LogP contribution in [0.5, 0.6) is 17.2 Å². The molecule has 0 fully saturated rings. The lowest BCUT2D eigenvalue weighted by Gasteiger charge is -2.31. The molecular formula is C28H37N2O5P. The van der Waals surface area contributed by atoms with Gasteiger partial charge in [-0.25, -0.2) is 0 Å². The second-order valence-corrected chi connectivity index (χ2v) is 11.6. The van der Waals surface area contributed by atoms with Crippen LogP contribution in [-0.2, 0) is 9.09 Å². The maximum Gasteiger partial charge on any atom is 0.258 e. The molecule has 0 aliphatic heterocycles. The van der Waals surface area contributed by atoms with Gasteiger partial charge >= 0.3 is 0 Å². The summed E-state index contributed by atoms with van der Waals surface area (Å²) in [7, 11) is 5.09. The van der Waals surface area contributed by atoms with Crippen molar-refractivity contribution >= 4 is 24.0 Å². The van der Waals surface area contributed by atoms with Gasteiger partial charge in [0.1, 0.15) is 5.78 Å². The molecule has 2 atom stereocenters. The third-order valence-electron chi connectivity index (χ3n) is 5.75. The fourth-order valence-corrected chi connectivity index (χ4v) is 6.37. The third-order valence-corrected chi connectivity index (χ3v) is 8.40. The van der Waals surface area contributed by atoms with Gasteiger partial charge in [0.25, 0.3) is 7.37 Å². The van der Waals surface area contributed by atoms with E-state index in [0.29, 0.717) is 34.7 Å². The highest BCUT2D eigenvalue weighted by Crippen LogP contribution is 2.60. The lowest BCUT2D eigenvalue weighted by atomic mass is 10.1. The van der Waals surface area contributed by atoms with Crippen LogP contribution >= 0.6 is 7.37 Å². The summed E-state index contributed by atoms with van der Waals surface area (Å²) in [6.07, 6.45) is 0. The third kappa shape index (κ3) is 6.15. The Balaban J connectivity index is 2.24. The van der Waals surface area contributed by atoms with Crippen LogP contribution in [0.4, 0.5) is 11.4 Å². The van der Waals surface area contributed by atoms with Gasteiger partial charge in [0.2, 0.25) is 5.75 Å². The van der Waals surface area contributed by atoms with Crippen LogP contribution in [-0.4, -0.2) is 42.0 Å². The lowest BCUT2D eigenvalue weighted by Crippen LogP contribution is -2.22. The van der Waals surface area contributed by atoms with Gasteiger partial charge in [0, 0.05) is 30.8 Å². The first-order valence-corrected chi connectivity index (χ1v) is 13.6. The van der Waals surface area contributed by atoms with E-state index in [1.54, 1.807) is 21.3 Å². The smallest absolute Gasteiger partial charge is 0.258 e. The maximum atomic E-state index is 15.0. The number of hydrogen-bond acceptors (Lipinski definition) is 7. The second-order valence-electron chi connectivity index (χ2n) is 9.07. The average molecular weight is 513 g/mol. The first-order valence-electron chi connectivity index (χ1n) is 11.9. The molecule has 8 heteroatoms. The SMILES string of the molecule is COc1cc([C@@H](Nc2ccccc2)[P@](=O)(OCC(C)C)c2ccc(N(C)C)cc2)cc(OC)c1OC. The Bertz CT molecular complexity index is 1140. The Labute approximate surface area is 214 Å². The van der Waals surface area contributed by atoms with Crippen LogP contribution in [0.3, 0.4) is 0 Å². The minimum Gasteiger partial charge on any atom is -0.493 e. The van der Waals surface area contributed by atoms with E-state index in [1.807, 2.05) is 99.6 Å². The van der Waals surface area contributed by atoms with Crippen LogP contribution in [0.15, 0.2) is 66.7 Å². The van der Waals surface area contributed by atoms with E-state index in [2.05, 4.69) is 5.32 Å². The first-order chi connectivity index (χ1) is 17.2. The van der Waals surface area contributed by atoms with E-state index in [0.717, 1.165) is 11.4 Å². The number of rotatable bonds is 12. The Kier molecular flexibility index (Phi) is 9.30. The molecule has 1 N–H and O–H groups in total. The van der Waals surface area contributed by atoms with Crippen LogP contribution < -0.4 is 29.7 Å². The van der Waals surface area contributed by atoms with Crippen molar-refractivity contribution in [1.82, 2.24) is 0 Å². The quantitative estimate of drug-likeness (QED) is 0.291. The maximum absolute atomic E-state index is 15.0. The lowest BCUT2D eigenvalue weighted by molar-refractivity contribution is 0.272. The van der Waals surface area contributed by atoms with E-state index in [1.165, 1.54) is 0 Å². The van der Waals surface area contributed by atoms with Crippen LogP contribution in [0.25, 0.3) is 0 Å². The van der Waals surface area contributed by atoms with E-state index < -0.39 is 13.2 Å². The molecule has 0 heterocycles. The van der Waals surface area contributed by atoms with Crippen molar-refractivity contribution < 1.29 is 23.3 Å². The summed E-state index contributed by atoms with van der Waals surface area (Å²) >= 11 is 0. The Morgan fingerprint density at radius 1 is 0.861 bits per heavy atom. The largest absolute Gasteiger partial charge is 0.493 e. The molecule has 0 aliphatic rings. The number of anilines is 2. The zero-order valence-electron chi connectivity index (χ0n) is 22.1. The predicted molar refractivity (Wildman–Crippen MR) is 148 cm³/mol. The fourth-order valence-electron chi connectivity index (χ4n) is 3.83. The van der Waals surface area contributed by atoms with Gasteiger partial charge in [-0.3, -0.25) is 4.57 Å². The molecule has 3 rings (SSSR count). The van der Waals surface area contributed by atoms with Crippen LogP contribution in [0, 0.1) is 5.92 Å². The van der Waals surface area contributed by atoms with E-state index in [9.17, 15) is 0 Å². The molecule has 0 unspecified atom stereocenters. The van der Waals surface area contributed by atoms with Crippen molar-refractivity contribution in [1.29, 1.82) is 0 Å². The van der Waals surface area contributed by atoms with Crippen molar-refractivity contribution in [2.45, 2.75) is 19.6 Å². The summed E-state index contributed by atoms with van der Waals surface area (Å²) in [5, 5.41) is 4.11. The molecule has 0 spiro atoms. The monoisotopic (exact) mass is 512 g/mol. The zero-order valence-corrected chi connectivity index (χ0v) is 23.0. The number of hydrogen-bond donors (Lipinski definition) is 1. The number of benzene rings is 3. The van der Waals surface area contributed by atoms with Gasteiger partial charge < -0.3 is 29.0 Å². The minimum atomic E-state index is -3.54. The molecule has 194 valence electrons. The summed E-state index contributed by atoms with van der Waals surface area (Å²) in [4.78, 5) is 2.00. The molecule has 0 radical (unpaired) electrons. The molecule has 36 heavy (non-hydrogen) atoms.